The number of rotatable bonds is 7. The van der Waals surface area contributed by atoms with Crippen molar-refractivity contribution in [1.29, 1.82) is 5.26 Å². The van der Waals surface area contributed by atoms with E-state index in [0.717, 1.165) is 0 Å². The number of ether oxygens (including phenoxy) is 2. The summed E-state index contributed by atoms with van der Waals surface area (Å²) in [6.45, 7) is 2.00. The molecular weight excluding hydrogens is 232 g/mol. The zero-order chi connectivity index (χ0) is 13.2. The Hall–Kier alpha value is -2.08. The Kier molecular flexibility index (Phi) is 6.27. The normalized spacial score (nSPS) is 9.67. The third-order valence-electron chi connectivity index (χ3n) is 2.16. The van der Waals surface area contributed by atoms with Crippen LogP contribution in [0.25, 0.3) is 0 Å². The first-order valence-corrected chi connectivity index (χ1v) is 5.47. The molecular formula is C13H14N2O3. The molecule has 0 aliphatic heterocycles. The molecule has 5 heteroatoms. The minimum absolute atomic E-state index is 0.207. The monoisotopic (exact) mass is 246 g/mol. The van der Waals surface area contributed by atoms with E-state index in [1.54, 1.807) is 12.3 Å². The quantitative estimate of drug-likeness (QED) is 0.515. The molecule has 0 aromatic carbocycles. The van der Waals surface area contributed by atoms with Gasteiger partial charge in [-0.05, 0) is 6.07 Å². The fourth-order valence-electron chi connectivity index (χ4n) is 1.28. The molecule has 0 aliphatic carbocycles. The van der Waals surface area contributed by atoms with Crippen LogP contribution in [0.3, 0.4) is 0 Å². The molecule has 1 aromatic heterocycles. The van der Waals surface area contributed by atoms with Crippen LogP contribution in [0.15, 0.2) is 23.1 Å². The molecule has 0 bridgehead atoms. The number of pyridine rings is 1. The Morgan fingerprint density at radius 2 is 2.11 bits per heavy atom. The van der Waals surface area contributed by atoms with E-state index in [2.05, 4.69) is 5.92 Å². The molecule has 0 saturated carbocycles. The van der Waals surface area contributed by atoms with Gasteiger partial charge in [0, 0.05) is 18.8 Å². The van der Waals surface area contributed by atoms with E-state index in [0.29, 0.717) is 31.9 Å². The summed E-state index contributed by atoms with van der Waals surface area (Å²) in [4.78, 5) is 11.5. The molecule has 18 heavy (non-hydrogen) atoms. The maximum Gasteiger partial charge on any atom is 0.251 e. The molecule has 94 valence electrons. The minimum atomic E-state index is -0.207. The highest BCUT2D eigenvalue weighted by atomic mass is 16.5. The molecule has 1 heterocycles. The predicted octanol–water partition coefficient (Wildman–Crippen LogP) is 0.386. The van der Waals surface area contributed by atoms with Crippen LogP contribution in [0.1, 0.15) is 5.56 Å². The smallest absolute Gasteiger partial charge is 0.251 e. The van der Waals surface area contributed by atoms with Crippen molar-refractivity contribution in [1.82, 2.24) is 4.57 Å². The topological polar surface area (TPSA) is 64.2 Å². The largest absolute Gasteiger partial charge is 0.377 e. The molecule has 1 aromatic rings. The first kappa shape index (κ1) is 14.0. The molecule has 0 aliphatic rings. The van der Waals surface area contributed by atoms with Crippen molar-refractivity contribution < 1.29 is 9.47 Å². The summed E-state index contributed by atoms with van der Waals surface area (Å²) in [6.07, 6.45) is 6.59. The van der Waals surface area contributed by atoms with Crippen LogP contribution in [0, 0.1) is 23.7 Å². The zero-order valence-electron chi connectivity index (χ0n) is 9.96. The Labute approximate surface area is 106 Å². The second-order valence-corrected chi connectivity index (χ2v) is 3.43. The summed E-state index contributed by atoms with van der Waals surface area (Å²) in [5.74, 6) is 2.35. The molecule has 5 nitrogen and oxygen atoms in total. The van der Waals surface area contributed by atoms with Crippen LogP contribution in [0.2, 0.25) is 0 Å². The number of aromatic nitrogens is 1. The van der Waals surface area contributed by atoms with Crippen molar-refractivity contribution in [3.63, 3.8) is 0 Å². The van der Waals surface area contributed by atoms with E-state index < -0.39 is 0 Å². The highest BCUT2D eigenvalue weighted by Crippen LogP contribution is 1.91. The number of hydrogen-bond donors (Lipinski definition) is 0. The molecule has 0 fully saturated rings. The Morgan fingerprint density at radius 1 is 1.33 bits per heavy atom. The lowest BCUT2D eigenvalue weighted by Crippen LogP contribution is -2.21. The molecule has 1 rings (SSSR count). The summed E-state index contributed by atoms with van der Waals surface area (Å²) < 4.78 is 11.8. The van der Waals surface area contributed by atoms with E-state index in [9.17, 15) is 4.79 Å². The maximum absolute atomic E-state index is 11.5. The lowest BCUT2D eigenvalue weighted by atomic mass is 10.3. The second kappa shape index (κ2) is 8.08. The third kappa shape index (κ3) is 4.84. The third-order valence-corrected chi connectivity index (χ3v) is 2.16. The summed E-state index contributed by atoms with van der Waals surface area (Å²) in [5, 5.41) is 8.62. The van der Waals surface area contributed by atoms with Gasteiger partial charge in [-0.15, -0.1) is 6.42 Å². The summed E-state index contributed by atoms with van der Waals surface area (Å²) in [6, 6.07) is 4.81. The minimum Gasteiger partial charge on any atom is -0.377 e. The number of terminal acetylenes is 1. The van der Waals surface area contributed by atoms with Crippen molar-refractivity contribution in [3.05, 3.63) is 34.2 Å². The van der Waals surface area contributed by atoms with Crippen LogP contribution in [0.4, 0.5) is 0 Å². The lowest BCUT2D eigenvalue weighted by molar-refractivity contribution is 0.0563. The average molecular weight is 246 g/mol. The van der Waals surface area contributed by atoms with Crippen molar-refractivity contribution in [3.8, 4) is 18.4 Å². The van der Waals surface area contributed by atoms with Gasteiger partial charge in [-0.25, -0.2) is 0 Å². The van der Waals surface area contributed by atoms with Crippen LogP contribution >= 0.6 is 0 Å². The first-order valence-electron chi connectivity index (χ1n) is 5.47. The molecule has 0 atom stereocenters. The summed E-state index contributed by atoms with van der Waals surface area (Å²) in [5.41, 5.74) is 0.154. The Morgan fingerprint density at radius 3 is 2.78 bits per heavy atom. The van der Waals surface area contributed by atoms with Gasteiger partial charge in [0.15, 0.2) is 0 Å². The van der Waals surface area contributed by atoms with Crippen LogP contribution in [-0.2, 0) is 16.0 Å². The Balaban J connectivity index is 2.26. The SMILES string of the molecule is C#CCOCCOCCn1ccc(C#N)cc1=O. The summed E-state index contributed by atoms with van der Waals surface area (Å²) >= 11 is 0. The van der Waals surface area contributed by atoms with E-state index in [4.69, 9.17) is 21.2 Å². The average Bonchev–Trinajstić information content (AvgIpc) is 2.39. The molecule has 0 N–H and O–H groups in total. The number of nitrogens with zero attached hydrogens (tertiary/aromatic N) is 2. The van der Waals surface area contributed by atoms with Crippen LogP contribution < -0.4 is 5.56 Å². The second-order valence-electron chi connectivity index (χ2n) is 3.43. The van der Waals surface area contributed by atoms with Gasteiger partial charge in [-0.1, -0.05) is 5.92 Å². The van der Waals surface area contributed by atoms with Gasteiger partial charge in [-0.3, -0.25) is 4.79 Å². The van der Waals surface area contributed by atoms with Gasteiger partial charge in [0.05, 0.1) is 31.5 Å². The standard InChI is InChI=1S/C13H14N2O3/c1-2-6-17-8-9-18-7-5-15-4-3-12(11-14)10-13(15)16/h1,3-4,10H,5-9H2. The van der Waals surface area contributed by atoms with Gasteiger partial charge in [0.1, 0.15) is 6.61 Å². The van der Waals surface area contributed by atoms with E-state index >= 15 is 0 Å². The molecule has 0 amide bonds. The predicted molar refractivity (Wildman–Crippen MR) is 65.9 cm³/mol. The van der Waals surface area contributed by atoms with Gasteiger partial charge in [0.25, 0.3) is 5.56 Å². The summed E-state index contributed by atoms with van der Waals surface area (Å²) in [7, 11) is 0. The Bertz CT molecular complexity index is 508. The van der Waals surface area contributed by atoms with E-state index in [1.165, 1.54) is 10.6 Å². The molecule has 0 radical (unpaired) electrons. The van der Waals surface area contributed by atoms with Crippen molar-refractivity contribution in [2.24, 2.45) is 0 Å². The van der Waals surface area contributed by atoms with E-state index in [1.807, 2.05) is 6.07 Å². The van der Waals surface area contributed by atoms with Crippen molar-refractivity contribution in [2.75, 3.05) is 26.4 Å². The molecule has 0 unspecified atom stereocenters. The maximum atomic E-state index is 11.5. The van der Waals surface area contributed by atoms with Crippen LogP contribution in [0.5, 0.6) is 0 Å². The van der Waals surface area contributed by atoms with Gasteiger partial charge < -0.3 is 14.0 Å². The lowest BCUT2D eigenvalue weighted by Gasteiger charge is -2.06. The number of hydrogen-bond acceptors (Lipinski definition) is 4. The highest BCUT2D eigenvalue weighted by molar-refractivity contribution is 5.25. The highest BCUT2D eigenvalue weighted by Gasteiger charge is 1.97. The van der Waals surface area contributed by atoms with Crippen molar-refractivity contribution in [2.45, 2.75) is 6.54 Å². The van der Waals surface area contributed by atoms with Gasteiger partial charge >= 0.3 is 0 Å². The van der Waals surface area contributed by atoms with E-state index in [-0.39, 0.29) is 12.2 Å². The van der Waals surface area contributed by atoms with Gasteiger partial charge in [-0.2, -0.15) is 5.26 Å². The van der Waals surface area contributed by atoms with Crippen molar-refractivity contribution >= 4 is 0 Å². The molecule has 0 saturated heterocycles. The first-order chi connectivity index (χ1) is 8.77. The van der Waals surface area contributed by atoms with Gasteiger partial charge in [0.2, 0.25) is 0 Å². The zero-order valence-corrected chi connectivity index (χ0v) is 9.96. The fraction of sp³-hybridized carbons (Fsp3) is 0.385. The fourth-order valence-corrected chi connectivity index (χ4v) is 1.28. The number of nitriles is 1. The van der Waals surface area contributed by atoms with Crippen LogP contribution in [-0.4, -0.2) is 31.0 Å². The molecule has 0 spiro atoms.